The highest BCUT2D eigenvalue weighted by Crippen LogP contribution is 2.20. The van der Waals surface area contributed by atoms with Gasteiger partial charge in [0, 0.05) is 34.4 Å². The normalized spacial score (nSPS) is 13.6. The van der Waals surface area contributed by atoms with E-state index < -0.39 is 36.2 Å². The van der Waals surface area contributed by atoms with Crippen molar-refractivity contribution in [3.8, 4) is 0 Å². The molecule has 0 radical (unpaired) electrons. The lowest BCUT2D eigenvalue weighted by Gasteiger charge is -2.26. The third-order valence-electron chi connectivity index (χ3n) is 4.28. The second-order valence-electron chi connectivity index (χ2n) is 6.88. The number of imide groups is 1. The zero-order valence-electron chi connectivity index (χ0n) is 18.8. The number of hydrogen-bond acceptors (Lipinski definition) is 11. The van der Waals surface area contributed by atoms with E-state index in [1.807, 2.05) is 0 Å². The zero-order valence-corrected chi connectivity index (χ0v) is 22.1. The van der Waals surface area contributed by atoms with Gasteiger partial charge in [-0.05, 0) is 49.6 Å². The highest BCUT2D eigenvalue weighted by atomic mass is 35.5. The van der Waals surface area contributed by atoms with Crippen LogP contribution in [-0.2, 0) is 9.59 Å². The molecule has 0 aliphatic carbocycles. The summed E-state index contributed by atoms with van der Waals surface area (Å²) >= 11 is 0. The number of carbonyl (C=O) groups is 2. The van der Waals surface area contributed by atoms with Gasteiger partial charge in [0.25, 0.3) is 0 Å². The summed E-state index contributed by atoms with van der Waals surface area (Å²) < 4.78 is 0. The van der Waals surface area contributed by atoms with Crippen molar-refractivity contribution in [2.75, 3.05) is 24.6 Å². The molecule has 0 heterocycles. The van der Waals surface area contributed by atoms with Gasteiger partial charge in [-0.25, -0.2) is 0 Å². The van der Waals surface area contributed by atoms with Gasteiger partial charge in [-0.15, -0.1) is 24.8 Å². The van der Waals surface area contributed by atoms with Gasteiger partial charge in [-0.3, -0.25) is 14.5 Å². The number of rotatable bonds is 18. The van der Waals surface area contributed by atoms with Gasteiger partial charge >= 0.3 is 0 Å². The minimum atomic E-state index is -0.913. The number of azide groups is 2. The number of carbonyl (C=O) groups excluding carboxylic acids is 2. The molecule has 10 N–H and O–H groups in total. The molecule has 0 aromatic carbocycles. The number of amides is 2. The Kier molecular flexibility index (Phi) is 25.9. The molecule has 0 saturated heterocycles. The number of halogens is 2. The Hall–Kier alpha value is -1.16. The van der Waals surface area contributed by atoms with Crippen molar-refractivity contribution in [1.82, 2.24) is 4.90 Å². The lowest BCUT2D eigenvalue weighted by atomic mass is 10.1. The molecular formula is C16H36Cl2N12O2S2. The summed E-state index contributed by atoms with van der Waals surface area (Å²) in [7, 11) is 3.05. The number of nitrogens with zero attached hydrogens (tertiary/aromatic N) is 7. The van der Waals surface area contributed by atoms with Crippen molar-refractivity contribution >= 4 is 58.2 Å². The maximum absolute atomic E-state index is 12.9. The first-order valence-electron chi connectivity index (χ1n) is 10.2. The van der Waals surface area contributed by atoms with Crippen LogP contribution in [0.25, 0.3) is 20.9 Å². The number of nitrogens with two attached hydrogens (primary N) is 5. The summed E-state index contributed by atoms with van der Waals surface area (Å²) in [6.45, 7) is 0.697. The molecule has 34 heavy (non-hydrogen) atoms. The minimum Gasteiger partial charge on any atom is -0.330 e. The van der Waals surface area contributed by atoms with Crippen LogP contribution in [-0.4, -0.2) is 65.7 Å². The van der Waals surface area contributed by atoms with E-state index in [2.05, 4.69) is 20.1 Å². The summed E-state index contributed by atoms with van der Waals surface area (Å²) in [5.41, 5.74) is 45.5. The molecule has 0 bridgehead atoms. The van der Waals surface area contributed by atoms with Crippen LogP contribution in [0.3, 0.4) is 0 Å². The Morgan fingerprint density at radius 2 is 1.21 bits per heavy atom. The average Bonchev–Trinajstić information content (AvgIpc) is 2.75. The molecule has 0 aliphatic rings. The lowest BCUT2D eigenvalue weighted by molar-refractivity contribution is -0.146. The Bertz CT molecular complexity index is 620. The van der Waals surface area contributed by atoms with Crippen molar-refractivity contribution in [3.05, 3.63) is 20.9 Å². The molecule has 0 aromatic heterocycles. The van der Waals surface area contributed by atoms with E-state index in [9.17, 15) is 9.59 Å². The van der Waals surface area contributed by atoms with Crippen molar-refractivity contribution in [1.29, 1.82) is 0 Å². The van der Waals surface area contributed by atoms with Crippen LogP contribution < -0.4 is 28.7 Å². The Balaban J connectivity index is -0.00000480. The van der Waals surface area contributed by atoms with E-state index in [4.69, 9.17) is 39.7 Å². The predicted molar refractivity (Wildman–Crippen MR) is 143 cm³/mol. The molecule has 198 valence electrons. The van der Waals surface area contributed by atoms with Crippen LogP contribution in [0.5, 0.6) is 0 Å². The summed E-state index contributed by atoms with van der Waals surface area (Å²) in [4.78, 5) is 32.1. The molecule has 18 heteroatoms. The summed E-state index contributed by atoms with van der Waals surface area (Å²) in [6, 6.07) is -1.83. The van der Waals surface area contributed by atoms with Gasteiger partial charge in [-0.1, -0.05) is 31.8 Å². The van der Waals surface area contributed by atoms with Crippen molar-refractivity contribution in [2.24, 2.45) is 38.9 Å². The van der Waals surface area contributed by atoms with Gasteiger partial charge in [-0.2, -0.15) is 0 Å². The summed E-state index contributed by atoms with van der Waals surface area (Å²) in [5.74, 6) is 0.226. The first-order valence-corrected chi connectivity index (χ1v) is 12.7. The summed E-state index contributed by atoms with van der Waals surface area (Å²) in [5, 5.41) is 6.74. The Morgan fingerprint density at radius 1 is 0.794 bits per heavy atom. The van der Waals surface area contributed by atoms with Crippen molar-refractivity contribution in [2.45, 2.75) is 62.9 Å². The molecule has 2 unspecified atom stereocenters. The monoisotopic (exact) mass is 562 g/mol. The van der Waals surface area contributed by atoms with Gasteiger partial charge in [0.1, 0.15) is 0 Å². The van der Waals surface area contributed by atoms with Gasteiger partial charge in [0.05, 0.1) is 24.4 Å². The van der Waals surface area contributed by atoms with Gasteiger partial charge < -0.3 is 28.7 Å². The average molecular weight is 564 g/mol. The topological polar surface area (TPSA) is 265 Å². The molecule has 0 fully saturated rings. The minimum absolute atomic E-state index is 0. The first-order chi connectivity index (χ1) is 15.3. The first kappa shape index (κ1) is 37.4. The maximum Gasteiger partial charge on any atom is 0.246 e. The lowest BCUT2D eigenvalue weighted by Crippen LogP contribution is -2.53. The fourth-order valence-corrected chi connectivity index (χ4v) is 4.42. The van der Waals surface area contributed by atoms with Crippen molar-refractivity contribution < 1.29 is 9.59 Å². The van der Waals surface area contributed by atoms with E-state index in [1.54, 1.807) is 10.8 Å². The fraction of sp³-hybridized carbons (Fsp3) is 0.875. The second-order valence-corrected chi connectivity index (χ2v) is 9.58. The van der Waals surface area contributed by atoms with E-state index >= 15 is 0 Å². The largest absolute Gasteiger partial charge is 0.330 e. The van der Waals surface area contributed by atoms with Crippen LogP contribution in [0.1, 0.15) is 38.5 Å². The fourth-order valence-electron chi connectivity index (χ4n) is 2.61. The van der Waals surface area contributed by atoms with E-state index in [-0.39, 0.29) is 44.2 Å². The molecule has 2 amide bonds. The second kappa shape index (κ2) is 23.6. The number of hydrogen-bond donors (Lipinski definition) is 5. The van der Waals surface area contributed by atoms with Crippen LogP contribution in [0.4, 0.5) is 0 Å². The highest BCUT2D eigenvalue weighted by molar-refractivity contribution is 8.76. The standard InChI is InChI=1S/C16H34N12O2S2.2ClH/c17-7-9-31-32-10-8-28(15(29)11(18)3-1-5-13(20)24-26-22)16(30)12(19)4-2-6-14(21)25-27-23;;/h11-14H,1-10,17-21H2;2*1H/t11-,12-,13?,14?;;/m0../s1. The molecular weight excluding hydrogens is 527 g/mol. The van der Waals surface area contributed by atoms with E-state index in [1.165, 1.54) is 10.8 Å². The SMILES string of the molecule is Cl.Cl.[N-]=[N+]=NC(N)CCC[C@H](N)C(=O)N(CCSSCCN)C(=O)[C@@H](N)CCCC(N)N=[N+]=[N-]. The molecule has 4 atom stereocenters. The third-order valence-corrected chi connectivity index (χ3v) is 6.70. The predicted octanol–water partition coefficient (Wildman–Crippen LogP) is 1.71. The van der Waals surface area contributed by atoms with Crippen molar-refractivity contribution in [3.63, 3.8) is 0 Å². The molecule has 0 rings (SSSR count). The Morgan fingerprint density at radius 3 is 1.59 bits per heavy atom. The molecule has 0 saturated carbocycles. The van der Waals surface area contributed by atoms with Crippen LogP contribution in [0, 0.1) is 0 Å². The third kappa shape index (κ3) is 17.3. The van der Waals surface area contributed by atoms with Gasteiger partial charge in [0.15, 0.2) is 0 Å². The highest BCUT2D eigenvalue weighted by Gasteiger charge is 2.29. The van der Waals surface area contributed by atoms with Crippen LogP contribution in [0.2, 0.25) is 0 Å². The van der Waals surface area contributed by atoms with Crippen LogP contribution >= 0.6 is 46.4 Å². The van der Waals surface area contributed by atoms with E-state index in [0.717, 1.165) is 10.7 Å². The summed E-state index contributed by atoms with van der Waals surface area (Å²) in [6.07, 6.45) is 0.831. The van der Waals surface area contributed by atoms with Crippen LogP contribution in [0.15, 0.2) is 10.2 Å². The van der Waals surface area contributed by atoms with E-state index in [0.29, 0.717) is 38.0 Å². The zero-order chi connectivity index (χ0) is 24.4. The Labute approximate surface area is 219 Å². The molecule has 0 aliphatic heterocycles. The van der Waals surface area contributed by atoms with Gasteiger partial charge in [0.2, 0.25) is 11.8 Å². The maximum atomic E-state index is 12.9. The quantitative estimate of drug-likeness (QED) is 0.0533. The molecule has 14 nitrogen and oxygen atoms in total. The molecule has 0 spiro atoms. The smallest absolute Gasteiger partial charge is 0.246 e. The molecule has 0 aromatic rings.